The van der Waals surface area contributed by atoms with Gasteiger partial charge in [0.15, 0.2) is 0 Å². The van der Waals surface area contributed by atoms with Crippen LogP contribution in [0, 0.1) is 13.8 Å². The first kappa shape index (κ1) is 15.0. The molecule has 6 heteroatoms. The van der Waals surface area contributed by atoms with Crippen LogP contribution in [0.4, 0.5) is 11.6 Å². The fourth-order valence-corrected chi connectivity index (χ4v) is 2.44. The van der Waals surface area contributed by atoms with E-state index in [-0.39, 0.29) is 5.91 Å². The van der Waals surface area contributed by atoms with Gasteiger partial charge in [-0.15, -0.1) is 0 Å². The molecule has 1 N–H and O–H groups in total. The smallest absolute Gasteiger partial charge is 0.257 e. The molecule has 3 heterocycles. The van der Waals surface area contributed by atoms with Gasteiger partial charge >= 0.3 is 0 Å². The van der Waals surface area contributed by atoms with Gasteiger partial charge in [-0.25, -0.2) is 9.97 Å². The highest BCUT2D eigenvalue weighted by Crippen LogP contribution is 2.21. The lowest BCUT2D eigenvalue weighted by atomic mass is 10.2. The van der Waals surface area contributed by atoms with Crippen LogP contribution in [0.15, 0.2) is 36.7 Å². The minimum atomic E-state index is -0.166. The molecule has 0 aliphatic rings. The molecule has 0 radical (unpaired) electrons. The third kappa shape index (κ3) is 2.88. The van der Waals surface area contributed by atoms with E-state index in [2.05, 4.69) is 15.3 Å². The van der Waals surface area contributed by atoms with E-state index < -0.39 is 0 Å². The van der Waals surface area contributed by atoms with Crippen LogP contribution in [0.25, 0.3) is 5.52 Å². The molecule has 0 unspecified atom stereocenters. The van der Waals surface area contributed by atoms with E-state index in [0.29, 0.717) is 17.2 Å². The molecule has 1 amide bonds. The minimum Gasteiger partial charge on any atom is -0.347 e. The molecule has 6 nitrogen and oxygen atoms in total. The molecule has 0 bridgehead atoms. The van der Waals surface area contributed by atoms with Crippen molar-refractivity contribution in [2.45, 2.75) is 13.8 Å². The Bertz CT molecular complexity index is 826. The van der Waals surface area contributed by atoms with Crippen LogP contribution in [0.3, 0.4) is 0 Å². The van der Waals surface area contributed by atoms with Crippen molar-refractivity contribution in [1.82, 2.24) is 14.4 Å². The van der Waals surface area contributed by atoms with Gasteiger partial charge in [0.05, 0.1) is 22.6 Å². The predicted octanol–water partition coefficient (Wildman–Crippen LogP) is 2.66. The zero-order chi connectivity index (χ0) is 16.6. The largest absolute Gasteiger partial charge is 0.347 e. The van der Waals surface area contributed by atoms with Crippen LogP contribution in [-0.2, 0) is 0 Å². The molecule has 3 aromatic heterocycles. The van der Waals surface area contributed by atoms with E-state index in [1.54, 1.807) is 0 Å². The molecule has 0 spiro atoms. The van der Waals surface area contributed by atoms with E-state index in [1.165, 1.54) is 0 Å². The van der Waals surface area contributed by atoms with Crippen molar-refractivity contribution in [3.05, 3.63) is 53.6 Å². The summed E-state index contributed by atoms with van der Waals surface area (Å²) in [5, 5.41) is 2.93. The van der Waals surface area contributed by atoms with Gasteiger partial charge < -0.3 is 14.6 Å². The number of fused-ring (bicyclic) bond motifs is 1. The summed E-state index contributed by atoms with van der Waals surface area (Å²) in [4.78, 5) is 23.2. The number of nitrogens with zero attached hydrogens (tertiary/aromatic N) is 4. The maximum absolute atomic E-state index is 12.5. The van der Waals surface area contributed by atoms with Crippen LogP contribution in [0.1, 0.15) is 21.7 Å². The monoisotopic (exact) mass is 309 g/mol. The molecule has 0 aliphatic heterocycles. The number of anilines is 2. The summed E-state index contributed by atoms with van der Waals surface area (Å²) in [6, 6.07) is 7.69. The summed E-state index contributed by atoms with van der Waals surface area (Å²) in [6.07, 6.45) is 3.72. The fourth-order valence-electron chi connectivity index (χ4n) is 2.44. The van der Waals surface area contributed by atoms with Crippen molar-refractivity contribution in [1.29, 1.82) is 0 Å². The second kappa shape index (κ2) is 5.72. The molecule has 0 aromatic carbocycles. The van der Waals surface area contributed by atoms with Gasteiger partial charge in [0.25, 0.3) is 5.91 Å². The third-order valence-corrected chi connectivity index (χ3v) is 3.66. The number of hydrogen-bond donors (Lipinski definition) is 1. The molecule has 3 aromatic rings. The first-order valence-electron chi connectivity index (χ1n) is 7.36. The number of pyridine rings is 1. The van der Waals surface area contributed by atoms with Crippen LogP contribution < -0.4 is 10.2 Å². The minimum absolute atomic E-state index is 0.166. The number of aryl methyl sites for hydroxylation is 2. The second-order valence-corrected chi connectivity index (χ2v) is 5.68. The van der Waals surface area contributed by atoms with Crippen molar-refractivity contribution in [2.75, 3.05) is 24.3 Å². The molecule has 0 fully saturated rings. The van der Waals surface area contributed by atoms with Crippen molar-refractivity contribution in [3.8, 4) is 0 Å². The standard InChI is InChI=1S/C17H19N5O/c1-11-15(12(2)19-17(18-11)21(3)4)20-16(23)13-9-14-7-5-6-8-22(14)10-13/h5-10H,1-4H3,(H,20,23). The molecule has 3 rings (SSSR count). The number of aromatic nitrogens is 3. The second-order valence-electron chi connectivity index (χ2n) is 5.68. The molecule has 0 saturated carbocycles. The van der Waals surface area contributed by atoms with Crippen LogP contribution in [-0.4, -0.2) is 34.4 Å². The third-order valence-electron chi connectivity index (χ3n) is 3.66. The van der Waals surface area contributed by atoms with E-state index in [4.69, 9.17) is 0 Å². The molecular formula is C17H19N5O. The molecular weight excluding hydrogens is 290 g/mol. The Morgan fingerprint density at radius 2 is 1.87 bits per heavy atom. The Morgan fingerprint density at radius 3 is 2.48 bits per heavy atom. The zero-order valence-electron chi connectivity index (χ0n) is 13.7. The first-order valence-corrected chi connectivity index (χ1v) is 7.36. The van der Waals surface area contributed by atoms with Crippen molar-refractivity contribution < 1.29 is 4.79 Å². The van der Waals surface area contributed by atoms with Crippen LogP contribution in [0.2, 0.25) is 0 Å². The van der Waals surface area contributed by atoms with E-state index in [0.717, 1.165) is 16.9 Å². The summed E-state index contributed by atoms with van der Waals surface area (Å²) >= 11 is 0. The van der Waals surface area contributed by atoms with E-state index in [1.807, 2.05) is 73.9 Å². The maximum Gasteiger partial charge on any atom is 0.257 e. The van der Waals surface area contributed by atoms with Crippen molar-refractivity contribution in [3.63, 3.8) is 0 Å². The van der Waals surface area contributed by atoms with Gasteiger partial charge in [-0.05, 0) is 32.0 Å². The van der Waals surface area contributed by atoms with Gasteiger partial charge in [0.2, 0.25) is 5.95 Å². The first-order chi connectivity index (χ1) is 11.0. The van der Waals surface area contributed by atoms with Gasteiger partial charge in [-0.2, -0.15) is 0 Å². The number of amides is 1. The summed E-state index contributed by atoms with van der Waals surface area (Å²) in [5.74, 6) is 0.466. The number of nitrogens with one attached hydrogen (secondary N) is 1. The Kier molecular flexibility index (Phi) is 3.73. The molecule has 0 saturated heterocycles. The molecule has 118 valence electrons. The predicted molar refractivity (Wildman–Crippen MR) is 91.2 cm³/mol. The SMILES string of the molecule is Cc1nc(N(C)C)nc(C)c1NC(=O)c1cc2ccccn2c1. The average Bonchev–Trinajstić information content (AvgIpc) is 2.94. The summed E-state index contributed by atoms with van der Waals surface area (Å²) in [6.45, 7) is 3.74. The highest BCUT2D eigenvalue weighted by Gasteiger charge is 2.15. The Labute approximate surface area is 134 Å². The Morgan fingerprint density at radius 1 is 1.17 bits per heavy atom. The summed E-state index contributed by atoms with van der Waals surface area (Å²) in [5.41, 5.74) is 3.74. The highest BCUT2D eigenvalue weighted by atomic mass is 16.1. The Hall–Kier alpha value is -2.89. The van der Waals surface area contributed by atoms with Gasteiger partial charge in [-0.1, -0.05) is 6.07 Å². The van der Waals surface area contributed by atoms with Crippen LogP contribution >= 0.6 is 0 Å². The van der Waals surface area contributed by atoms with Crippen molar-refractivity contribution in [2.24, 2.45) is 0 Å². The number of hydrogen-bond acceptors (Lipinski definition) is 4. The maximum atomic E-state index is 12.5. The molecule has 0 aliphatic carbocycles. The number of rotatable bonds is 3. The molecule has 0 atom stereocenters. The highest BCUT2D eigenvalue weighted by molar-refractivity contribution is 6.05. The number of carbonyl (C=O) groups is 1. The Balaban J connectivity index is 1.90. The quantitative estimate of drug-likeness (QED) is 0.808. The normalized spacial score (nSPS) is 10.8. The fraction of sp³-hybridized carbons (Fsp3) is 0.235. The molecule has 23 heavy (non-hydrogen) atoms. The number of carbonyl (C=O) groups excluding carboxylic acids is 1. The lowest BCUT2D eigenvalue weighted by Gasteiger charge is -2.15. The average molecular weight is 309 g/mol. The van der Waals surface area contributed by atoms with Crippen LogP contribution in [0.5, 0.6) is 0 Å². The van der Waals surface area contributed by atoms with Gasteiger partial charge in [-0.3, -0.25) is 4.79 Å². The van der Waals surface area contributed by atoms with Gasteiger partial charge in [0, 0.05) is 32.0 Å². The topological polar surface area (TPSA) is 62.5 Å². The lowest BCUT2D eigenvalue weighted by Crippen LogP contribution is -2.18. The van der Waals surface area contributed by atoms with E-state index in [9.17, 15) is 4.79 Å². The van der Waals surface area contributed by atoms with E-state index >= 15 is 0 Å². The van der Waals surface area contributed by atoms with Crippen molar-refractivity contribution >= 4 is 23.1 Å². The summed E-state index contributed by atoms with van der Waals surface area (Å²) in [7, 11) is 3.78. The zero-order valence-corrected chi connectivity index (χ0v) is 13.7. The lowest BCUT2D eigenvalue weighted by molar-refractivity contribution is 0.102. The summed E-state index contributed by atoms with van der Waals surface area (Å²) < 4.78 is 1.92. The van der Waals surface area contributed by atoms with Gasteiger partial charge in [0.1, 0.15) is 0 Å².